The van der Waals surface area contributed by atoms with E-state index in [1.807, 2.05) is 0 Å². The fourth-order valence-electron chi connectivity index (χ4n) is 0.452. The van der Waals surface area contributed by atoms with Crippen molar-refractivity contribution in [2.24, 2.45) is 0 Å². The largest absolute Gasteiger partial charge is 0.394 e. The van der Waals surface area contributed by atoms with Gasteiger partial charge in [0.2, 0.25) is 0 Å². The quantitative estimate of drug-likeness (QED) is 0.446. The fourth-order valence-corrected chi connectivity index (χ4v) is 0.452. The SMILES string of the molecule is C.COC(CO)CO.COCC(O)CO. The van der Waals surface area contributed by atoms with Crippen LogP contribution in [0.3, 0.4) is 0 Å². The Bertz CT molecular complexity index is 91.1. The maximum Gasteiger partial charge on any atom is 0.103 e. The molecule has 6 nitrogen and oxygen atoms in total. The Morgan fingerprint density at radius 3 is 1.53 bits per heavy atom. The highest BCUT2D eigenvalue weighted by atomic mass is 16.5. The molecule has 0 amide bonds. The predicted octanol–water partition coefficient (Wildman–Crippen LogP) is -1.39. The Morgan fingerprint density at radius 1 is 1.00 bits per heavy atom. The summed E-state index contributed by atoms with van der Waals surface area (Å²) < 4.78 is 9.03. The van der Waals surface area contributed by atoms with Crippen molar-refractivity contribution in [3.8, 4) is 0 Å². The molecule has 96 valence electrons. The minimum atomic E-state index is -0.718. The maximum atomic E-state index is 8.48. The molecule has 0 spiro atoms. The first kappa shape index (κ1) is 20.2. The third-order valence-electron chi connectivity index (χ3n) is 1.31. The first-order valence-corrected chi connectivity index (χ1v) is 4.18. The summed E-state index contributed by atoms with van der Waals surface area (Å²) in [7, 11) is 2.91. The number of aliphatic hydroxyl groups excluding tert-OH is 4. The van der Waals surface area contributed by atoms with Crippen molar-refractivity contribution in [3.05, 3.63) is 0 Å². The lowest BCUT2D eigenvalue weighted by Gasteiger charge is -2.05. The first-order chi connectivity index (χ1) is 6.65. The van der Waals surface area contributed by atoms with E-state index in [2.05, 4.69) is 9.47 Å². The number of methoxy groups -OCH3 is 2. The van der Waals surface area contributed by atoms with Gasteiger partial charge in [0, 0.05) is 14.2 Å². The Hall–Kier alpha value is -0.240. The third-order valence-corrected chi connectivity index (χ3v) is 1.31. The third kappa shape index (κ3) is 16.4. The lowest BCUT2D eigenvalue weighted by atomic mass is 10.4. The average molecular weight is 228 g/mol. The molecule has 0 heterocycles. The number of hydrogen-bond acceptors (Lipinski definition) is 6. The lowest BCUT2D eigenvalue weighted by molar-refractivity contribution is 0.00933. The Kier molecular flexibility index (Phi) is 21.8. The smallest absolute Gasteiger partial charge is 0.103 e. The summed E-state index contributed by atoms with van der Waals surface area (Å²) in [6.45, 7) is -0.260. The topological polar surface area (TPSA) is 99.4 Å². The molecule has 4 N–H and O–H groups in total. The van der Waals surface area contributed by atoms with Crippen molar-refractivity contribution < 1.29 is 29.9 Å². The van der Waals surface area contributed by atoms with E-state index in [1.54, 1.807) is 0 Å². The van der Waals surface area contributed by atoms with Crippen LogP contribution < -0.4 is 0 Å². The van der Waals surface area contributed by atoms with Crippen LogP contribution in [0.5, 0.6) is 0 Å². The summed E-state index contributed by atoms with van der Waals surface area (Å²) in [5, 5.41) is 33.1. The summed E-state index contributed by atoms with van der Waals surface area (Å²) in [5.74, 6) is 0. The summed E-state index contributed by atoms with van der Waals surface area (Å²) in [6.07, 6.45) is -1.12. The van der Waals surface area contributed by atoms with Crippen LogP contribution in [0.4, 0.5) is 0 Å². The second-order valence-electron chi connectivity index (χ2n) is 2.51. The highest BCUT2D eigenvalue weighted by Crippen LogP contribution is 1.82. The highest BCUT2D eigenvalue weighted by Gasteiger charge is 1.99. The molecule has 1 unspecified atom stereocenters. The molecule has 0 aliphatic heterocycles. The Morgan fingerprint density at radius 2 is 1.47 bits per heavy atom. The molecule has 0 saturated carbocycles. The molecule has 0 fully saturated rings. The molecule has 0 saturated heterocycles. The van der Waals surface area contributed by atoms with Gasteiger partial charge in [0.25, 0.3) is 0 Å². The zero-order chi connectivity index (χ0) is 11.4. The van der Waals surface area contributed by atoms with Gasteiger partial charge in [0.1, 0.15) is 12.2 Å². The van der Waals surface area contributed by atoms with Crippen molar-refractivity contribution in [1.29, 1.82) is 0 Å². The summed E-state index contributed by atoms with van der Waals surface area (Å²) in [6, 6.07) is 0. The lowest BCUT2D eigenvalue weighted by Crippen LogP contribution is -2.19. The zero-order valence-corrected chi connectivity index (χ0v) is 8.59. The van der Waals surface area contributed by atoms with E-state index < -0.39 is 12.2 Å². The summed E-state index contributed by atoms with van der Waals surface area (Å²) in [5.41, 5.74) is 0. The van der Waals surface area contributed by atoms with Crippen LogP contribution in [-0.2, 0) is 9.47 Å². The van der Waals surface area contributed by atoms with Gasteiger partial charge in [-0.1, -0.05) is 7.43 Å². The molecular weight excluding hydrogens is 204 g/mol. The van der Waals surface area contributed by atoms with Gasteiger partial charge < -0.3 is 29.9 Å². The van der Waals surface area contributed by atoms with Crippen LogP contribution >= 0.6 is 0 Å². The van der Waals surface area contributed by atoms with Crippen molar-refractivity contribution >= 4 is 0 Å². The molecule has 0 aliphatic carbocycles. The van der Waals surface area contributed by atoms with Gasteiger partial charge >= 0.3 is 0 Å². The second-order valence-corrected chi connectivity index (χ2v) is 2.51. The first-order valence-electron chi connectivity index (χ1n) is 4.18. The van der Waals surface area contributed by atoms with Gasteiger partial charge in [-0.15, -0.1) is 0 Å². The molecule has 1 atom stereocenters. The molecule has 15 heavy (non-hydrogen) atoms. The highest BCUT2D eigenvalue weighted by molar-refractivity contribution is 4.48. The van der Waals surface area contributed by atoms with E-state index in [0.717, 1.165) is 0 Å². The summed E-state index contributed by atoms with van der Waals surface area (Å²) >= 11 is 0. The van der Waals surface area contributed by atoms with E-state index in [1.165, 1.54) is 14.2 Å². The summed E-state index contributed by atoms with van der Waals surface area (Å²) in [4.78, 5) is 0. The van der Waals surface area contributed by atoms with Gasteiger partial charge in [-0.2, -0.15) is 0 Å². The van der Waals surface area contributed by atoms with Crippen molar-refractivity contribution in [2.45, 2.75) is 19.6 Å². The molecule has 0 aliphatic rings. The van der Waals surface area contributed by atoms with Crippen LogP contribution in [0.15, 0.2) is 0 Å². The van der Waals surface area contributed by atoms with Gasteiger partial charge in [0.05, 0.1) is 26.4 Å². The van der Waals surface area contributed by atoms with E-state index in [-0.39, 0.29) is 33.9 Å². The van der Waals surface area contributed by atoms with Crippen LogP contribution in [0.1, 0.15) is 7.43 Å². The van der Waals surface area contributed by atoms with Crippen molar-refractivity contribution in [3.63, 3.8) is 0 Å². The minimum Gasteiger partial charge on any atom is -0.394 e. The number of aliphatic hydroxyl groups is 4. The minimum absolute atomic E-state index is 0. The number of rotatable bonds is 6. The van der Waals surface area contributed by atoms with Gasteiger partial charge in [-0.25, -0.2) is 0 Å². The van der Waals surface area contributed by atoms with E-state index in [9.17, 15) is 0 Å². The number of hydrogen-bond donors (Lipinski definition) is 4. The Balaban J connectivity index is -0.000000180. The molecule has 0 rings (SSSR count). The molecule has 0 radical (unpaired) electrons. The van der Waals surface area contributed by atoms with Crippen LogP contribution in [0.2, 0.25) is 0 Å². The maximum absolute atomic E-state index is 8.48. The van der Waals surface area contributed by atoms with E-state index >= 15 is 0 Å². The fraction of sp³-hybridized carbons (Fsp3) is 1.00. The Labute approximate surface area is 91.1 Å². The van der Waals surface area contributed by atoms with Gasteiger partial charge in [0.15, 0.2) is 0 Å². The molecule has 0 aromatic carbocycles. The average Bonchev–Trinajstić information content (AvgIpc) is 2.22. The van der Waals surface area contributed by atoms with Gasteiger partial charge in [-0.05, 0) is 0 Å². The van der Waals surface area contributed by atoms with E-state index in [4.69, 9.17) is 20.4 Å². The van der Waals surface area contributed by atoms with Crippen LogP contribution in [0, 0.1) is 0 Å². The predicted molar refractivity (Wildman–Crippen MR) is 56.7 cm³/mol. The van der Waals surface area contributed by atoms with Gasteiger partial charge in [-0.3, -0.25) is 0 Å². The van der Waals surface area contributed by atoms with Crippen molar-refractivity contribution in [1.82, 2.24) is 0 Å². The normalized spacial score (nSPS) is 11.4. The van der Waals surface area contributed by atoms with E-state index in [0.29, 0.717) is 0 Å². The molecule has 0 bridgehead atoms. The molecule has 0 aromatic heterocycles. The van der Waals surface area contributed by atoms with Crippen LogP contribution in [-0.4, -0.2) is 73.3 Å². The molecule has 0 aromatic rings. The molecule has 6 heteroatoms. The zero-order valence-electron chi connectivity index (χ0n) is 8.59. The van der Waals surface area contributed by atoms with Crippen molar-refractivity contribution in [2.75, 3.05) is 40.6 Å². The standard InChI is InChI=1S/2C4H10O3.CH4/c1-7-3-4(6)2-5;1-7-4(2-5)3-6;/h2*4-6H,2-3H2,1H3;1H4. The monoisotopic (exact) mass is 228 g/mol. The number of ether oxygens (including phenoxy) is 2. The molecular formula is C9H24O6. The van der Waals surface area contributed by atoms with Crippen LogP contribution in [0.25, 0.3) is 0 Å². The second kappa shape index (κ2) is 16.2.